The van der Waals surface area contributed by atoms with Crippen LogP contribution in [0.1, 0.15) is 5.56 Å². The number of alkyl halides is 3. The van der Waals surface area contributed by atoms with Gasteiger partial charge in [0.25, 0.3) is 0 Å². The molecule has 0 bridgehead atoms. The molecular weight excluding hydrogens is 445 g/mol. The van der Waals surface area contributed by atoms with E-state index in [1.54, 1.807) is 65.4 Å². The van der Waals surface area contributed by atoms with Crippen molar-refractivity contribution in [1.82, 2.24) is 14.3 Å². The molecule has 34 heavy (non-hydrogen) atoms. The van der Waals surface area contributed by atoms with Crippen LogP contribution >= 0.6 is 0 Å². The predicted molar refractivity (Wildman–Crippen MR) is 123 cm³/mol. The summed E-state index contributed by atoms with van der Waals surface area (Å²) >= 11 is 0. The van der Waals surface area contributed by atoms with Crippen LogP contribution in [0.3, 0.4) is 0 Å². The van der Waals surface area contributed by atoms with Gasteiger partial charge in [-0.3, -0.25) is 9.59 Å². The number of benzene rings is 3. The van der Waals surface area contributed by atoms with Crippen LogP contribution in [0, 0.1) is 0 Å². The third kappa shape index (κ3) is 3.81. The van der Waals surface area contributed by atoms with Crippen molar-refractivity contribution in [2.75, 3.05) is 5.32 Å². The van der Waals surface area contributed by atoms with Gasteiger partial charge >= 0.3 is 6.18 Å². The van der Waals surface area contributed by atoms with E-state index in [4.69, 9.17) is 0 Å². The number of carbonyl (C=O) groups excluding carboxylic acids is 1. The highest BCUT2D eigenvalue weighted by Gasteiger charge is 2.31. The Kier molecular flexibility index (Phi) is 5.16. The van der Waals surface area contributed by atoms with Gasteiger partial charge in [0.15, 0.2) is 5.43 Å². The van der Waals surface area contributed by atoms with Crippen molar-refractivity contribution in [3.8, 4) is 5.69 Å². The highest BCUT2D eigenvalue weighted by molar-refractivity contribution is 5.98. The first-order valence-corrected chi connectivity index (χ1v) is 10.3. The monoisotopic (exact) mass is 462 g/mol. The molecule has 1 amide bonds. The molecule has 0 fully saturated rings. The number of halogens is 3. The van der Waals surface area contributed by atoms with Crippen molar-refractivity contribution in [3.63, 3.8) is 0 Å². The molecule has 0 saturated heterocycles. The molecule has 6 nitrogen and oxygen atoms in total. The summed E-state index contributed by atoms with van der Waals surface area (Å²) in [4.78, 5) is 26.0. The number of anilines is 1. The number of nitrogens with zero attached hydrogens (tertiary/aromatic N) is 3. The second-order valence-electron chi connectivity index (χ2n) is 7.68. The predicted octanol–water partition coefficient (Wildman–Crippen LogP) is 5.00. The summed E-state index contributed by atoms with van der Waals surface area (Å²) in [7, 11) is 0. The SMILES string of the molecule is O=C(Cn1c2ccccc2c(=O)c2ccccc21)Nc1cc(C(F)(F)F)ccc1-n1cccn1. The van der Waals surface area contributed by atoms with Crippen LogP contribution in [-0.2, 0) is 17.5 Å². The Morgan fingerprint density at radius 3 is 2.15 bits per heavy atom. The van der Waals surface area contributed by atoms with E-state index in [-0.39, 0.29) is 17.7 Å². The summed E-state index contributed by atoms with van der Waals surface area (Å²) in [6.45, 7) is -0.212. The molecule has 2 heterocycles. The van der Waals surface area contributed by atoms with Crippen molar-refractivity contribution in [2.45, 2.75) is 12.7 Å². The average molecular weight is 462 g/mol. The molecule has 5 rings (SSSR count). The summed E-state index contributed by atoms with van der Waals surface area (Å²) in [5, 5.41) is 7.57. The normalized spacial score (nSPS) is 11.7. The maximum absolute atomic E-state index is 13.3. The second-order valence-corrected chi connectivity index (χ2v) is 7.68. The molecular formula is C25H17F3N4O2. The molecule has 2 aromatic heterocycles. The first-order chi connectivity index (χ1) is 16.3. The maximum Gasteiger partial charge on any atom is 0.416 e. The minimum absolute atomic E-state index is 0.0295. The summed E-state index contributed by atoms with van der Waals surface area (Å²) in [5.74, 6) is -0.549. The molecule has 5 aromatic rings. The Bertz CT molecular complexity index is 1530. The van der Waals surface area contributed by atoms with Crippen LogP contribution in [0.5, 0.6) is 0 Å². The molecule has 1 N–H and O–H groups in total. The maximum atomic E-state index is 13.3. The van der Waals surface area contributed by atoms with Crippen molar-refractivity contribution in [2.24, 2.45) is 0 Å². The van der Waals surface area contributed by atoms with E-state index in [0.29, 0.717) is 27.5 Å². The van der Waals surface area contributed by atoms with Crippen molar-refractivity contribution >= 4 is 33.4 Å². The first-order valence-electron chi connectivity index (χ1n) is 10.3. The van der Waals surface area contributed by atoms with Gasteiger partial charge in [0, 0.05) is 23.2 Å². The minimum atomic E-state index is -4.58. The Balaban J connectivity index is 1.58. The van der Waals surface area contributed by atoms with Gasteiger partial charge in [-0.25, -0.2) is 4.68 Å². The molecule has 0 atom stereocenters. The largest absolute Gasteiger partial charge is 0.416 e. The number of nitrogens with one attached hydrogen (secondary N) is 1. The Morgan fingerprint density at radius 2 is 1.56 bits per heavy atom. The van der Waals surface area contributed by atoms with Gasteiger partial charge < -0.3 is 9.88 Å². The lowest BCUT2D eigenvalue weighted by Crippen LogP contribution is -2.22. The van der Waals surface area contributed by atoms with E-state index in [9.17, 15) is 22.8 Å². The standard InChI is InChI=1S/C25H17F3N4O2/c26-25(27,28)16-10-11-22(32-13-5-12-29-32)19(14-16)30-23(33)15-31-20-8-3-1-6-17(20)24(34)18-7-2-4-9-21(18)31/h1-14H,15H2,(H,30,33). The fraction of sp³-hybridized carbons (Fsp3) is 0.0800. The van der Waals surface area contributed by atoms with Crippen molar-refractivity contribution in [3.05, 3.63) is 101 Å². The Labute approximate surface area is 190 Å². The van der Waals surface area contributed by atoms with Crippen LogP contribution in [0.15, 0.2) is 90.0 Å². The van der Waals surface area contributed by atoms with E-state index >= 15 is 0 Å². The summed E-state index contributed by atoms with van der Waals surface area (Å²) < 4.78 is 43.1. The van der Waals surface area contributed by atoms with Crippen LogP contribution in [0.25, 0.3) is 27.5 Å². The van der Waals surface area contributed by atoms with Gasteiger partial charge in [0.05, 0.1) is 28.0 Å². The lowest BCUT2D eigenvalue weighted by Gasteiger charge is -2.17. The van der Waals surface area contributed by atoms with Gasteiger partial charge in [-0.2, -0.15) is 18.3 Å². The van der Waals surface area contributed by atoms with E-state index in [0.717, 1.165) is 12.1 Å². The molecule has 0 unspecified atom stereocenters. The van der Waals surface area contributed by atoms with Crippen LogP contribution in [0.2, 0.25) is 0 Å². The molecule has 3 aromatic carbocycles. The summed E-state index contributed by atoms with van der Waals surface area (Å²) in [6, 6.07) is 18.5. The van der Waals surface area contributed by atoms with E-state index in [1.165, 1.54) is 16.9 Å². The number of amides is 1. The molecule has 0 spiro atoms. The number of rotatable bonds is 4. The highest BCUT2D eigenvalue weighted by Crippen LogP contribution is 2.33. The van der Waals surface area contributed by atoms with Gasteiger partial charge in [-0.15, -0.1) is 0 Å². The van der Waals surface area contributed by atoms with Crippen LogP contribution in [0.4, 0.5) is 18.9 Å². The number of fused-ring (bicyclic) bond motifs is 2. The van der Waals surface area contributed by atoms with Gasteiger partial charge in [-0.05, 0) is 48.5 Å². The average Bonchev–Trinajstić information content (AvgIpc) is 3.36. The molecule has 0 radical (unpaired) electrons. The smallest absolute Gasteiger partial charge is 0.331 e. The third-order valence-electron chi connectivity index (χ3n) is 5.53. The zero-order chi connectivity index (χ0) is 23.9. The molecule has 170 valence electrons. The number of para-hydroxylation sites is 2. The second kappa shape index (κ2) is 8.18. The third-order valence-corrected chi connectivity index (χ3v) is 5.53. The zero-order valence-electron chi connectivity index (χ0n) is 17.6. The zero-order valence-corrected chi connectivity index (χ0v) is 17.6. The minimum Gasteiger partial charge on any atom is -0.331 e. The van der Waals surface area contributed by atoms with Gasteiger partial charge in [0.1, 0.15) is 6.54 Å². The Morgan fingerprint density at radius 1 is 0.912 bits per heavy atom. The lowest BCUT2D eigenvalue weighted by molar-refractivity contribution is -0.137. The van der Waals surface area contributed by atoms with Crippen LogP contribution in [-0.4, -0.2) is 20.3 Å². The topological polar surface area (TPSA) is 68.9 Å². The lowest BCUT2D eigenvalue weighted by atomic mass is 10.1. The summed E-state index contributed by atoms with van der Waals surface area (Å²) in [5.41, 5.74) is 0.328. The Hall–Kier alpha value is -4.40. The molecule has 0 aliphatic heterocycles. The molecule has 0 aliphatic carbocycles. The van der Waals surface area contributed by atoms with Crippen molar-refractivity contribution in [1.29, 1.82) is 0 Å². The van der Waals surface area contributed by atoms with Gasteiger partial charge in [0.2, 0.25) is 5.91 Å². The van der Waals surface area contributed by atoms with E-state index in [2.05, 4.69) is 10.4 Å². The summed E-state index contributed by atoms with van der Waals surface area (Å²) in [6.07, 6.45) is -1.52. The number of aromatic nitrogens is 3. The van der Waals surface area contributed by atoms with E-state index in [1.807, 2.05) is 0 Å². The fourth-order valence-electron chi connectivity index (χ4n) is 4.00. The van der Waals surface area contributed by atoms with E-state index < -0.39 is 17.6 Å². The quantitative estimate of drug-likeness (QED) is 0.382. The number of pyridine rings is 1. The number of hydrogen-bond acceptors (Lipinski definition) is 3. The molecule has 0 aliphatic rings. The molecule has 0 saturated carbocycles. The number of hydrogen-bond donors (Lipinski definition) is 1. The van der Waals surface area contributed by atoms with Gasteiger partial charge in [-0.1, -0.05) is 24.3 Å². The van der Waals surface area contributed by atoms with Crippen LogP contribution < -0.4 is 10.7 Å². The van der Waals surface area contributed by atoms with Crippen molar-refractivity contribution < 1.29 is 18.0 Å². The molecule has 9 heteroatoms. The number of carbonyl (C=O) groups is 1. The fourth-order valence-corrected chi connectivity index (χ4v) is 4.00. The first kappa shape index (κ1) is 21.4. The highest BCUT2D eigenvalue weighted by atomic mass is 19.4.